The Bertz CT molecular complexity index is 3500. The molecule has 0 saturated heterocycles. The number of aromatic nitrogens is 2. The molecule has 2 aromatic heterocycles. The van der Waals surface area contributed by atoms with Crippen molar-refractivity contribution >= 4 is 72.4 Å². The summed E-state index contributed by atoms with van der Waals surface area (Å²) in [5, 5.41) is 10.3. The number of hydrogen-bond acceptors (Lipinski definition) is 0. The Morgan fingerprint density at radius 3 is 1.43 bits per heavy atom. The van der Waals surface area contributed by atoms with Crippen molar-refractivity contribution in [3.8, 4) is 33.6 Å². The van der Waals surface area contributed by atoms with Crippen molar-refractivity contribution in [3.63, 3.8) is 0 Å². The first-order valence-electron chi connectivity index (χ1n) is 21.8. The van der Waals surface area contributed by atoms with Crippen LogP contribution in [0.15, 0.2) is 255 Å². The highest BCUT2D eigenvalue weighted by molar-refractivity contribution is 7.20. The quantitative estimate of drug-likeness (QED) is 0.107. The zero-order chi connectivity index (χ0) is 41.7. The van der Waals surface area contributed by atoms with Crippen LogP contribution in [0.3, 0.4) is 0 Å². The van der Waals surface area contributed by atoms with E-state index < -0.39 is 8.07 Å². The van der Waals surface area contributed by atoms with E-state index in [-0.39, 0.29) is 0 Å². The molecule has 0 fully saturated rings. The first-order chi connectivity index (χ1) is 31.3. The lowest BCUT2D eigenvalue weighted by Gasteiger charge is -2.34. The maximum absolute atomic E-state index is 2.85. The third-order valence-electron chi connectivity index (χ3n) is 13.1. The lowest BCUT2D eigenvalue weighted by molar-refractivity contribution is 1.17. The Hall–Kier alpha value is -7.98. The van der Waals surface area contributed by atoms with Gasteiger partial charge in [0.25, 0.3) is 0 Å². The normalized spacial score (nSPS) is 11.8. The molecule has 12 rings (SSSR count). The van der Waals surface area contributed by atoms with Crippen LogP contribution in [0.1, 0.15) is 0 Å². The van der Waals surface area contributed by atoms with Crippen molar-refractivity contribution in [3.05, 3.63) is 255 Å². The molecule has 0 radical (unpaired) electrons. The van der Waals surface area contributed by atoms with E-state index >= 15 is 0 Å². The standard InChI is InChI=1S/C60H42N2Si/c1-6-21-43(22-7-1)45-37-40-56-53(41-45)51-39-38-49(63(46-25-10-3-11-26-46,47-27-12-4-13-28-47)48-29-14-5-15-30-48)42-59(51)62(56)58-36-20-35-57-60(58)52-32-17-19-34-55(52)61(57)54-33-18-16-31-50(54)44-23-8-2-9-24-44/h1-42H. The van der Waals surface area contributed by atoms with Gasteiger partial charge in [-0.25, -0.2) is 0 Å². The van der Waals surface area contributed by atoms with Crippen molar-refractivity contribution in [2.45, 2.75) is 0 Å². The highest BCUT2D eigenvalue weighted by atomic mass is 28.3. The fourth-order valence-corrected chi connectivity index (χ4v) is 15.1. The summed E-state index contributed by atoms with van der Waals surface area (Å²) in [5.74, 6) is 0. The molecule has 0 aliphatic carbocycles. The van der Waals surface area contributed by atoms with Gasteiger partial charge in [-0.1, -0.05) is 212 Å². The molecular weight excluding hydrogens is 777 g/mol. The summed E-state index contributed by atoms with van der Waals surface area (Å²) in [6, 6.07) is 94.3. The minimum absolute atomic E-state index is 1.16. The highest BCUT2D eigenvalue weighted by Crippen LogP contribution is 2.42. The summed E-state index contributed by atoms with van der Waals surface area (Å²) in [4.78, 5) is 0. The van der Waals surface area contributed by atoms with Crippen molar-refractivity contribution < 1.29 is 0 Å². The van der Waals surface area contributed by atoms with Gasteiger partial charge >= 0.3 is 0 Å². The Labute approximate surface area is 368 Å². The molecular formula is C60H42N2Si. The minimum Gasteiger partial charge on any atom is -0.309 e. The Kier molecular flexibility index (Phi) is 8.87. The van der Waals surface area contributed by atoms with Crippen molar-refractivity contribution in [2.24, 2.45) is 0 Å². The minimum atomic E-state index is -2.85. The average molecular weight is 819 g/mol. The van der Waals surface area contributed by atoms with Gasteiger partial charge in [0.1, 0.15) is 0 Å². The van der Waals surface area contributed by atoms with E-state index in [1.165, 1.54) is 86.6 Å². The van der Waals surface area contributed by atoms with E-state index in [1.807, 2.05) is 0 Å². The largest absolute Gasteiger partial charge is 0.309 e. The second kappa shape index (κ2) is 15.2. The number of para-hydroxylation sites is 2. The predicted molar refractivity (Wildman–Crippen MR) is 270 cm³/mol. The zero-order valence-electron chi connectivity index (χ0n) is 34.6. The molecule has 0 amide bonds. The summed E-state index contributed by atoms with van der Waals surface area (Å²) in [7, 11) is -2.85. The molecule has 0 N–H and O–H groups in total. The van der Waals surface area contributed by atoms with Crippen LogP contribution in [0.5, 0.6) is 0 Å². The number of nitrogens with zero attached hydrogens (tertiary/aromatic N) is 2. The van der Waals surface area contributed by atoms with Crippen LogP contribution in [-0.4, -0.2) is 17.2 Å². The topological polar surface area (TPSA) is 9.86 Å². The van der Waals surface area contributed by atoms with Crippen molar-refractivity contribution in [2.75, 3.05) is 0 Å². The van der Waals surface area contributed by atoms with Crippen LogP contribution >= 0.6 is 0 Å². The third kappa shape index (κ3) is 5.85. The number of benzene rings is 10. The smallest absolute Gasteiger partial charge is 0.179 e. The van der Waals surface area contributed by atoms with E-state index in [0.717, 1.165) is 11.4 Å². The van der Waals surface area contributed by atoms with Gasteiger partial charge in [0.05, 0.1) is 33.4 Å². The van der Waals surface area contributed by atoms with Crippen LogP contribution in [0, 0.1) is 0 Å². The van der Waals surface area contributed by atoms with Gasteiger partial charge in [-0.05, 0) is 79.9 Å². The molecule has 10 aromatic carbocycles. The molecule has 3 heteroatoms. The molecule has 2 heterocycles. The molecule has 0 aliphatic heterocycles. The average Bonchev–Trinajstić information content (AvgIpc) is 3.88. The first-order valence-corrected chi connectivity index (χ1v) is 23.8. The van der Waals surface area contributed by atoms with E-state index in [9.17, 15) is 0 Å². The van der Waals surface area contributed by atoms with Gasteiger partial charge in [-0.2, -0.15) is 0 Å². The van der Waals surface area contributed by atoms with E-state index in [0.29, 0.717) is 0 Å². The first kappa shape index (κ1) is 36.8. The summed E-state index contributed by atoms with van der Waals surface area (Å²) in [6.07, 6.45) is 0. The SMILES string of the molecule is c1ccc(-c2ccc3c(c2)c2ccc([Si](c4ccccc4)(c4ccccc4)c4ccccc4)cc2n3-c2cccc3c2c2ccccc2n3-c2ccccc2-c2ccccc2)cc1. The van der Waals surface area contributed by atoms with Gasteiger partial charge in [-0.15, -0.1) is 0 Å². The molecule has 0 atom stereocenters. The number of rotatable bonds is 8. The maximum atomic E-state index is 2.56. The molecule has 0 saturated carbocycles. The molecule has 0 unspecified atom stereocenters. The Morgan fingerprint density at radius 2 is 0.762 bits per heavy atom. The van der Waals surface area contributed by atoms with Gasteiger partial charge in [0.15, 0.2) is 8.07 Å². The van der Waals surface area contributed by atoms with Crippen LogP contribution in [-0.2, 0) is 0 Å². The number of fused-ring (bicyclic) bond motifs is 6. The second-order valence-electron chi connectivity index (χ2n) is 16.4. The molecule has 0 aliphatic rings. The fourth-order valence-electron chi connectivity index (χ4n) is 10.4. The number of hydrogen-bond donors (Lipinski definition) is 0. The molecule has 0 bridgehead atoms. The van der Waals surface area contributed by atoms with Crippen LogP contribution in [0.2, 0.25) is 0 Å². The van der Waals surface area contributed by atoms with E-state index in [1.54, 1.807) is 0 Å². The van der Waals surface area contributed by atoms with Gasteiger partial charge < -0.3 is 9.13 Å². The lowest BCUT2D eigenvalue weighted by atomic mass is 10.0. The highest BCUT2D eigenvalue weighted by Gasteiger charge is 2.41. The van der Waals surface area contributed by atoms with Crippen LogP contribution in [0.25, 0.3) is 77.2 Å². The van der Waals surface area contributed by atoms with Gasteiger partial charge in [0.2, 0.25) is 0 Å². The predicted octanol–water partition coefficient (Wildman–Crippen LogP) is 12.6. The molecule has 296 valence electrons. The van der Waals surface area contributed by atoms with E-state index in [2.05, 4.69) is 264 Å². The lowest BCUT2D eigenvalue weighted by Crippen LogP contribution is -2.74. The van der Waals surface area contributed by atoms with Crippen molar-refractivity contribution in [1.29, 1.82) is 0 Å². The molecule has 63 heavy (non-hydrogen) atoms. The van der Waals surface area contributed by atoms with Gasteiger partial charge in [0, 0.05) is 27.1 Å². The Morgan fingerprint density at radius 1 is 0.254 bits per heavy atom. The summed E-state index contributed by atoms with van der Waals surface area (Å²) in [6.45, 7) is 0. The van der Waals surface area contributed by atoms with Crippen molar-refractivity contribution in [1.82, 2.24) is 9.13 Å². The summed E-state index contributed by atoms with van der Waals surface area (Å²) in [5.41, 5.74) is 11.9. The molecule has 12 aromatic rings. The van der Waals surface area contributed by atoms with Crippen LogP contribution < -0.4 is 20.7 Å². The summed E-state index contributed by atoms with van der Waals surface area (Å²) < 4.78 is 5.03. The van der Waals surface area contributed by atoms with Gasteiger partial charge in [-0.3, -0.25) is 0 Å². The molecule has 2 nitrogen and oxygen atoms in total. The Balaban J connectivity index is 1.21. The summed E-state index contributed by atoms with van der Waals surface area (Å²) >= 11 is 0. The van der Waals surface area contributed by atoms with E-state index in [4.69, 9.17) is 0 Å². The maximum Gasteiger partial charge on any atom is 0.179 e. The third-order valence-corrected chi connectivity index (χ3v) is 17.8. The fraction of sp³-hybridized carbons (Fsp3) is 0. The molecule has 0 spiro atoms. The second-order valence-corrected chi connectivity index (χ2v) is 20.2. The van der Waals surface area contributed by atoms with Crippen LogP contribution in [0.4, 0.5) is 0 Å². The monoisotopic (exact) mass is 818 g/mol. The zero-order valence-corrected chi connectivity index (χ0v) is 35.6.